The van der Waals surface area contributed by atoms with Gasteiger partial charge in [0.15, 0.2) is 0 Å². The summed E-state index contributed by atoms with van der Waals surface area (Å²) < 4.78 is 0. The molecule has 1 aromatic carbocycles. The van der Waals surface area contributed by atoms with Gasteiger partial charge in [-0.25, -0.2) is 0 Å². The molecule has 0 fully saturated rings. The zero-order valence-corrected chi connectivity index (χ0v) is 10.3. The molecular weight excluding hydrogens is 214 g/mol. The Balaban J connectivity index is 2.38. The molecule has 0 spiro atoms. The average Bonchev–Trinajstić information content (AvgIpc) is 2.48. The molecule has 0 saturated heterocycles. The number of amides is 1. The van der Waals surface area contributed by atoms with Crippen LogP contribution in [0.3, 0.4) is 0 Å². The van der Waals surface area contributed by atoms with Crippen molar-refractivity contribution in [3.63, 3.8) is 0 Å². The Morgan fingerprint density at radius 1 is 1.53 bits per heavy atom. The highest BCUT2D eigenvalue weighted by molar-refractivity contribution is 5.83. The predicted molar refractivity (Wildman–Crippen MR) is 68.7 cm³/mol. The summed E-state index contributed by atoms with van der Waals surface area (Å²) in [6.07, 6.45) is 0. The fourth-order valence-electron chi connectivity index (χ4n) is 2.20. The van der Waals surface area contributed by atoms with E-state index in [4.69, 9.17) is 5.73 Å². The predicted octanol–water partition coefficient (Wildman–Crippen LogP) is 0.858. The molecule has 2 unspecified atom stereocenters. The fraction of sp³-hybridized carbons (Fsp3) is 0.462. The molecule has 1 heterocycles. The first kappa shape index (κ1) is 11.9. The Morgan fingerprint density at radius 2 is 2.24 bits per heavy atom. The first-order valence-electron chi connectivity index (χ1n) is 5.97. The summed E-state index contributed by atoms with van der Waals surface area (Å²) in [6.45, 7) is 5.60. The molecule has 17 heavy (non-hydrogen) atoms. The second-order valence-corrected chi connectivity index (χ2v) is 4.64. The van der Waals surface area contributed by atoms with Crippen LogP contribution in [0.15, 0.2) is 24.3 Å². The van der Waals surface area contributed by atoms with Crippen LogP contribution in [0.5, 0.6) is 0 Å². The number of hydrogen-bond acceptors (Lipinski definition) is 3. The summed E-state index contributed by atoms with van der Waals surface area (Å²) in [4.78, 5) is 13.5. The van der Waals surface area contributed by atoms with Gasteiger partial charge in [0.1, 0.15) is 6.04 Å². The Labute approximate surface area is 102 Å². The third kappa shape index (κ3) is 2.42. The molecule has 0 aliphatic carbocycles. The van der Waals surface area contributed by atoms with Crippen LogP contribution in [-0.2, 0) is 11.3 Å². The van der Waals surface area contributed by atoms with Gasteiger partial charge in [-0.15, -0.1) is 0 Å². The van der Waals surface area contributed by atoms with E-state index in [0.29, 0.717) is 6.04 Å². The SMILES string of the molecule is CC1CN(C(C)C(N)=O)c2ccccc2CN1. The molecule has 1 amide bonds. The van der Waals surface area contributed by atoms with Gasteiger partial charge in [-0.3, -0.25) is 4.79 Å². The summed E-state index contributed by atoms with van der Waals surface area (Å²) in [6, 6.07) is 8.21. The van der Waals surface area contributed by atoms with Crippen molar-refractivity contribution in [3.05, 3.63) is 29.8 Å². The molecule has 3 N–H and O–H groups in total. The molecule has 0 bridgehead atoms. The van der Waals surface area contributed by atoms with Crippen molar-refractivity contribution in [3.8, 4) is 0 Å². The number of nitrogens with zero attached hydrogens (tertiary/aromatic N) is 1. The highest BCUT2D eigenvalue weighted by Crippen LogP contribution is 2.25. The van der Waals surface area contributed by atoms with Crippen LogP contribution >= 0.6 is 0 Å². The first-order valence-corrected chi connectivity index (χ1v) is 5.97. The van der Waals surface area contributed by atoms with Crippen molar-refractivity contribution >= 4 is 11.6 Å². The second-order valence-electron chi connectivity index (χ2n) is 4.64. The van der Waals surface area contributed by atoms with Crippen LogP contribution in [0, 0.1) is 0 Å². The molecular formula is C13H19N3O. The van der Waals surface area contributed by atoms with E-state index in [1.165, 1.54) is 5.56 Å². The van der Waals surface area contributed by atoms with E-state index in [0.717, 1.165) is 18.8 Å². The standard InChI is InChI=1S/C13H19N3O/c1-9-8-16(10(2)13(14)17)12-6-4-3-5-11(12)7-15-9/h3-6,9-10,15H,7-8H2,1-2H3,(H2,14,17). The maximum absolute atomic E-state index is 11.4. The summed E-state index contributed by atoms with van der Waals surface area (Å²) >= 11 is 0. The van der Waals surface area contributed by atoms with E-state index in [1.807, 2.05) is 19.1 Å². The largest absolute Gasteiger partial charge is 0.368 e. The van der Waals surface area contributed by atoms with E-state index in [2.05, 4.69) is 29.3 Å². The van der Waals surface area contributed by atoms with E-state index < -0.39 is 0 Å². The topological polar surface area (TPSA) is 58.4 Å². The quantitative estimate of drug-likeness (QED) is 0.796. The molecule has 0 saturated carbocycles. The van der Waals surface area contributed by atoms with Gasteiger partial charge < -0.3 is 16.0 Å². The van der Waals surface area contributed by atoms with Crippen LogP contribution in [-0.4, -0.2) is 24.5 Å². The number of nitrogens with one attached hydrogen (secondary N) is 1. The molecule has 2 atom stereocenters. The minimum Gasteiger partial charge on any atom is -0.368 e. The van der Waals surface area contributed by atoms with Crippen LogP contribution in [0.4, 0.5) is 5.69 Å². The zero-order chi connectivity index (χ0) is 12.4. The van der Waals surface area contributed by atoms with Crippen molar-refractivity contribution in [2.24, 2.45) is 5.73 Å². The first-order chi connectivity index (χ1) is 8.09. The number of para-hydroxylation sites is 1. The van der Waals surface area contributed by atoms with E-state index >= 15 is 0 Å². The molecule has 92 valence electrons. The minimum absolute atomic E-state index is 0.279. The molecule has 0 aromatic heterocycles. The third-order valence-electron chi connectivity index (χ3n) is 3.29. The summed E-state index contributed by atoms with van der Waals surface area (Å²) in [5.74, 6) is -0.283. The number of fused-ring (bicyclic) bond motifs is 1. The lowest BCUT2D eigenvalue weighted by atomic mass is 10.1. The lowest BCUT2D eigenvalue weighted by Gasteiger charge is -2.30. The Bertz CT molecular complexity index is 419. The van der Waals surface area contributed by atoms with Gasteiger partial charge in [0.2, 0.25) is 5.91 Å². The lowest BCUT2D eigenvalue weighted by molar-refractivity contribution is -0.118. The molecule has 1 aromatic rings. The van der Waals surface area contributed by atoms with Gasteiger partial charge in [-0.1, -0.05) is 18.2 Å². The normalized spacial score (nSPS) is 21.5. The maximum atomic E-state index is 11.4. The number of primary amides is 1. The van der Waals surface area contributed by atoms with Crippen LogP contribution < -0.4 is 16.0 Å². The highest BCUT2D eigenvalue weighted by Gasteiger charge is 2.25. The van der Waals surface area contributed by atoms with Gasteiger partial charge in [-0.2, -0.15) is 0 Å². The smallest absolute Gasteiger partial charge is 0.239 e. The van der Waals surface area contributed by atoms with Crippen LogP contribution in [0.25, 0.3) is 0 Å². The van der Waals surface area contributed by atoms with Gasteiger partial charge >= 0.3 is 0 Å². The number of carbonyl (C=O) groups excluding carboxylic acids is 1. The van der Waals surface area contributed by atoms with Crippen LogP contribution in [0.2, 0.25) is 0 Å². The van der Waals surface area contributed by atoms with Crippen molar-refractivity contribution < 1.29 is 4.79 Å². The third-order valence-corrected chi connectivity index (χ3v) is 3.29. The summed E-state index contributed by atoms with van der Waals surface area (Å²) in [7, 11) is 0. The number of rotatable bonds is 2. The number of hydrogen-bond donors (Lipinski definition) is 2. The van der Waals surface area contributed by atoms with Gasteiger partial charge in [-0.05, 0) is 25.5 Å². The lowest BCUT2D eigenvalue weighted by Crippen LogP contribution is -2.47. The maximum Gasteiger partial charge on any atom is 0.239 e. The van der Waals surface area contributed by atoms with Crippen molar-refractivity contribution in [2.75, 3.05) is 11.4 Å². The summed E-state index contributed by atoms with van der Waals surface area (Å²) in [5.41, 5.74) is 7.74. The second kappa shape index (κ2) is 4.75. The molecule has 1 aliphatic rings. The molecule has 1 aliphatic heterocycles. The van der Waals surface area contributed by atoms with Gasteiger partial charge in [0, 0.05) is 24.8 Å². The van der Waals surface area contributed by atoms with Crippen LogP contribution in [0.1, 0.15) is 19.4 Å². The van der Waals surface area contributed by atoms with Crippen molar-refractivity contribution in [1.82, 2.24) is 5.32 Å². The van der Waals surface area contributed by atoms with E-state index in [1.54, 1.807) is 0 Å². The molecule has 4 nitrogen and oxygen atoms in total. The fourth-order valence-corrected chi connectivity index (χ4v) is 2.20. The van der Waals surface area contributed by atoms with Gasteiger partial charge in [0.25, 0.3) is 0 Å². The van der Waals surface area contributed by atoms with Crippen molar-refractivity contribution in [2.45, 2.75) is 32.5 Å². The van der Waals surface area contributed by atoms with Gasteiger partial charge in [0.05, 0.1) is 0 Å². The number of nitrogens with two attached hydrogens (primary N) is 1. The minimum atomic E-state index is -0.283. The highest BCUT2D eigenvalue weighted by atomic mass is 16.1. The number of benzene rings is 1. The Kier molecular flexibility index (Phi) is 3.33. The van der Waals surface area contributed by atoms with E-state index in [-0.39, 0.29) is 11.9 Å². The zero-order valence-electron chi connectivity index (χ0n) is 10.3. The monoisotopic (exact) mass is 233 g/mol. The molecule has 0 radical (unpaired) electrons. The molecule has 2 rings (SSSR count). The van der Waals surface area contributed by atoms with Crippen molar-refractivity contribution in [1.29, 1.82) is 0 Å². The number of carbonyl (C=O) groups is 1. The Hall–Kier alpha value is -1.55. The Morgan fingerprint density at radius 3 is 2.94 bits per heavy atom. The van der Waals surface area contributed by atoms with E-state index in [9.17, 15) is 4.79 Å². The molecule has 4 heteroatoms. The summed E-state index contributed by atoms with van der Waals surface area (Å²) in [5, 5.41) is 3.43. The number of anilines is 1. The average molecular weight is 233 g/mol.